The summed E-state index contributed by atoms with van der Waals surface area (Å²) in [7, 11) is 2.19. The van der Waals surface area contributed by atoms with Crippen LogP contribution in [-0.2, 0) is 0 Å². The van der Waals surface area contributed by atoms with Crippen molar-refractivity contribution in [1.82, 2.24) is 9.88 Å². The highest BCUT2D eigenvalue weighted by Crippen LogP contribution is 2.48. The fourth-order valence-corrected chi connectivity index (χ4v) is 4.21. The largest absolute Gasteiger partial charge is 0.323 e. The van der Waals surface area contributed by atoms with Crippen molar-refractivity contribution in [3.05, 3.63) is 29.8 Å². The molecule has 1 heterocycles. The van der Waals surface area contributed by atoms with Crippen molar-refractivity contribution < 1.29 is 4.39 Å². The second-order valence-corrected chi connectivity index (χ2v) is 6.99. The summed E-state index contributed by atoms with van der Waals surface area (Å²) in [6, 6.07) is 3.02. The Kier molecular flexibility index (Phi) is 4.55. The highest BCUT2D eigenvalue weighted by molar-refractivity contribution is 5.09. The summed E-state index contributed by atoms with van der Waals surface area (Å²) < 4.78 is 12.9. The molecular formula is C17H26FN3. The van der Waals surface area contributed by atoms with Gasteiger partial charge in [-0.1, -0.05) is 6.42 Å². The lowest BCUT2D eigenvalue weighted by atomic mass is 9.88. The van der Waals surface area contributed by atoms with Crippen LogP contribution in [-0.4, -0.2) is 30.0 Å². The van der Waals surface area contributed by atoms with Gasteiger partial charge in [-0.15, -0.1) is 0 Å². The average molecular weight is 291 g/mol. The molecule has 2 N–H and O–H groups in total. The Hall–Kier alpha value is -1.00. The van der Waals surface area contributed by atoms with E-state index in [1.165, 1.54) is 44.5 Å². The first-order valence-corrected chi connectivity index (χ1v) is 8.17. The number of fused-ring (bicyclic) bond motifs is 2. The van der Waals surface area contributed by atoms with Crippen LogP contribution >= 0.6 is 0 Å². The fourth-order valence-electron chi connectivity index (χ4n) is 4.21. The minimum Gasteiger partial charge on any atom is -0.323 e. The van der Waals surface area contributed by atoms with Gasteiger partial charge in [0.15, 0.2) is 0 Å². The first kappa shape index (κ1) is 14.9. The molecule has 2 fully saturated rings. The van der Waals surface area contributed by atoms with E-state index in [4.69, 9.17) is 5.73 Å². The minimum absolute atomic E-state index is 0.104. The second-order valence-electron chi connectivity index (χ2n) is 6.99. The first-order chi connectivity index (χ1) is 10.1. The van der Waals surface area contributed by atoms with E-state index >= 15 is 0 Å². The molecule has 4 unspecified atom stereocenters. The Morgan fingerprint density at radius 2 is 2.24 bits per heavy atom. The van der Waals surface area contributed by atoms with Crippen LogP contribution in [0.15, 0.2) is 18.3 Å². The van der Waals surface area contributed by atoms with E-state index in [0.717, 1.165) is 36.4 Å². The van der Waals surface area contributed by atoms with Gasteiger partial charge in [0, 0.05) is 12.6 Å². The maximum absolute atomic E-state index is 12.9. The van der Waals surface area contributed by atoms with Gasteiger partial charge in [-0.3, -0.25) is 4.98 Å². The molecule has 2 saturated carbocycles. The molecule has 1 aromatic heterocycles. The number of nitrogens with two attached hydrogens (primary N) is 1. The van der Waals surface area contributed by atoms with Gasteiger partial charge in [-0.2, -0.15) is 0 Å². The Labute approximate surface area is 126 Å². The van der Waals surface area contributed by atoms with E-state index in [9.17, 15) is 4.39 Å². The monoisotopic (exact) mass is 291 g/mol. The van der Waals surface area contributed by atoms with Crippen LogP contribution in [0.5, 0.6) is 0 Å². The maximum atomic E-state index is 12.9. The van der Waals surface area contributed by atoms with Crippen molar-refractivity contribution in [2.45, 2.75) is 38.1 Å². The predicted octanol–water partition coefficient (Wildman–Crippen LogP) is 2.98. The molecule has 2 aliphatic rings. The van der Waals surface area contributed by atoms with E-state index in [2.05, 4.69) is 16.9 Å². The van der Waals surface area contributed by atoms with Crippen LogP contribution < -0.4 is 5.73 Å². The molecule has 0 aromatic carbocycles. The van der Waals surface area contributed by atoms with Crippen LogP contribution in [0.1, 0.15) is 43.8 Å². The third-order valence-corrected chi connectivity index (χ3v) is 5.38. The van der Waals surface area contributed by atoms with Gasteiger partial charge < -0.3 is 10.6 Å². The van der Waals surface area contributed by atoms with Gasteiger partial charge in [-0.05, 0) is 69.2 Å². The molecule has 0 aliphatic heterocycles. The number of rotatable bonds is 6. The molecule has 21 heavy (non-hydrogen) atoms. The molecule has 0 amide bonds. The number of pyridine rings is 1. The van der Waals surface area contributed by atoms with E-state index in [0.29, 0.717) is 0 Å². The molecule has 2 aliphatic carbocycles. The smallest absolute Gasteiger partial charge is 0.141 e. The maximum Gasteiger partial charge on any atom is 0.141 e. The van der Waals surface area contributed by atoms with Crippen LogP contribution in [0.2, 0.25) is 0 Å². The number of nitrogens with zero attached hydrogens (tertiary/aromatic N) is 2. The number of halogens is 1. The summed E-state index contributed by atoms with van der Waals surface area (Å²) in [5.41, 5.74) is 6.93. The fraction of sp³-hybridized carbons (Fsp3) is 0.706. The van der Waals surface area contributed by atoms with Gasteiger partial charge >= 0.3 is 0 Å². The first-order valence-electron chi connectivity index (χ1n) is 8.17. The van der Waals surface area contributed by atoms with Crippen molar-refractivity contribution in [3.8, 4) is 0 Å². The van der Waals surface area contributed by atoms with E-state index in [1.54, 1.807) is 6.07 Å². The summed E-state index contributed by atoms with van der Waals surface area (Å²) in [5, 5.41) is 0. The molecule has 4 heteroatoms. The Morgan fingerprint density at radius 1 is 1.38 bits per heavy atom. The molecule has 0 radical (unpaired) electrons. The standard InChI is InChI=1S/C17H26FN3/c1-21(11-14-9-12-2-3-13(14)8-12)7-6-16(19)17-5-4-15(18)10-20-17/h4-5,10,12-14,16H,2-3,6-9,11,19H2,1H3. The third-order valence-electron chi connectivity index (χ3n) is 5.38. The molecule has 2 bridgehead atoms. The van der Waals surface area contributed by atoms with Gasteiger partial charge in [0.1, 0.15) is 5.82 Å². The summed E-state index contributed by atoms with van der Waals surface area (Å²) in [4.78, 5) is 6.48. The van der Waals surface area contributed by atoms with Gasteiger partial charge in [0.05, 0.1) is 11.9 Å². The van der Waals surface area contributed by atoms with Crippen LogP contribution in [0, 0.1) is 23.6 Å². The molecule has 1 aromatic rings. The second kappa shape index (κ2) is 6.41. The lowest BCUT2D eigenvalue weighted by molar-refractivity contribution is 0.215. The summed E-state index contributed by atoms with van der Waals surface area (Å²) in [6.07, 6.45) is 7.93. The van der Waals surface area contributed by atoms with E-state index in [1.807, 2.05) is 0 Å². The molecular weight excluding hydrogens is 265 g/mol. The minimum atomic E-state index is -0.306. The Bertz CT molecular complexity index is 462. The zero-order chi connectivity index (χ0) is 14.8. The van der Waals surface area contributed by atoms with Crippen molar-refractivity contribution in [1.29, 1.82) is 0 Å². The molecule has 0 spiro atoms. The predicted molar refractivity (Wildman–Crippen MR) is 82.2 cm³/mol. The summed E-state index contributed by atoms with van der Waals surface area (Å²) in [5.74, 6) is 2.58. The van der Waals surface area contributed by atoms with E-state index < -0.39 is 0 Å². The number of hydrogen-bond donors (Lipinski definition) is 1. The lowest BCUT2D eigenvalue weighted by Crippen LogP contribution is -2.31. The zero-order valence-corrected chi connectivity index (χ0v) is 12.8. The van der Waals surface area contributed by atoms with Crippen molar-refractivity contribution in [2.75, 3.05) is 20.1 Å². The van der Waals surface area contributed by atoms with Crippen molar-refractivity contribution >= 4 is 0 Å². The highest BCUT2D eigenvalue weighted by atomic mass is 19.1. The highest BCUT2D eigenvalue weighted by Gasteiger charge is 2.39. The molecule has 4 atom stereocenters. The van der Waals surface area contributed by atoms with Crippen LogP contribution in [0.25, 0.3) is 0 Å². The van der Waals surface area contributed by atoms with Crippen LogP contribution in [0.3, 0.4) is 0 Å². The number of aromatic nitrogens is 1. The SMILES string of the molecule is CN(CCC(N)c1ccc(F)cn1)CC1CC2CCC1C2. The quantitative estimate of drug-likeness (QED) is 0.876. The lowest BCUT2D eigenvalue weighted by Gasteiger charge is -2.27. The Morgan fingerprint density at radius 3 is 2.86 bits per heavy atom. The molecule has 3 nitrogen and oxygen atoms in total. The summed E-state index contributed by atoms with van der Waals surface area (Å²) >= 11 is 0. The number of hydrogen-bond acceptors (Lipinski definition) is 3. The topological polar surface area (TPSA) is 42.1 Å². The summed E-state index contributed by atoms with van der Waals surface area (Å²) in [6.45, 7) is 2.18. The van der Waals surface area contributed by atoms with Crippen molar-refractivity contribution in [3.63, 3.8) is 0 Å². The Balaban J connectivity index is 1.43. The third kappa shape index (κ3) is 3.61. The van der Waals surface area contributed by atoms with Crippen LogP contribution in [0.4, 0.5) is 4.39 Å². The molecule has 116 valence electrons. The van der Waals surface area contributed by atoms with Crippen molar-refractivity contribution in [2.24, 2.45) is 23.5 Å². The normalized spacial score (nSPS) is 29.2. The van der Waals surface area contributed by atoms with Gasteiger partial charge in [0.2, 0.25) is 0 Å². The molecule has 0 saturated heterocycles. The molecule has 3 rings (SSSR count). The van der Waals surface area contributed by atoms with Gasteiger partial charge in [0.25, 0.3) is 0 Å². The average Bonchev–Trinajstić information content (AvgIpc) is 3.08. The zero-order valence-electron chi connectivity index (χ0n) is 12.8. The van der Waals surface area contributed by atoms with E-state index in [-0.39, 0.29) is 11.9 Å². The van der Waals surface area contributed by atoms with Gasteiger partial charge in [-0.25, -0.2) is 4.39 Å².